The first-order valence-corrected chi connectivity index (χ1v) is 7.48. The van der Waals surface area contributed by atoms with E-state index in [2.05, 4.69) is 34.6 Å². The molecule has 0 aliphatic carbocycles. The zero-order valence-electron chi connectivity index (χ0n) is 12.4. The highest BCUT2D eigenvalue weighted by Gasteiger charge is 2.18. The van der Waals surface area contributed by atoms with E-state index < -0.39 is 0 Å². The second kappa shape index (κ2) is 9.07. The second-order valence-electron chi connectivity index (χ2n) is 6.63. The van der Waals surface area contributed by atoms with Gasteiger partial charge in [-0.25, -0.2) is 0 Å². The third kappa shape index (κ3) is 10.5. The first kappa shape index (κ1) is 16.0. The van der Waals surface area contributed by atoms with Crippen LogP contribution >= 0.6 is 0 Å². The molecule has 0 aromatic rings. The topological polar surface area (TPSA) is 0 Å². The van der Waals surface area contributed by atoms with E-state index in [0.29, 0.717) is 5.41 Å². The maximum atomic E-state index is 2.43. The van der Waals surface area contributed by atoms with Crippen molar-refractivity contribution in [2.24, 2.45) is 11.3 Å². The van der Waals surface area contributed by atoms with Crippen LogP contribution < -0.4 is 0 Å². The molecule has 0 bridgehead atoms. The van der Waals surface area contributed by atoms with Crippen molar-refractivity contribution in [3.8, 4) is 0 Å². The van der Waals surface area contributed by atoms with E-state index in [-0.39, 0.29) is 0 Å². The second-order valence-corrected chi connectivity index (χ2v) is 6.63. The Morgan fingerprint density at radius 1 is 0.812 bits per heavy atom. The SMILES string of the molecule is CCCCCCCCCC(C)(C)CC(C)C. The Balaban J connectivity index is 3.36. The Morgan fingerprint density at radius 3 is 1.81 bits per heavy atom. The standard InChI is InChI=1S/C16H34/c1-6-7-8-9-10-11-12-13-16(4,5)14-15(2)3/h15H,6-14H2,1-5H3. The summed E-state index contributed by atoms with van der Waals surface area (Å²) in [6.45, 7) is 11.8. The predicted molar refractivity (Wildman–Crippen MR) is 75.8 cm³/mol. The molecule has 0 aliphatic rings. The first-order chi connectivity index (χ1) is 7.48. The molecule has 0 atom stereocenters. The van der Waals surface area contributed by atoms with Crippen LogP contribution in [0.2, 0.25) is 0 Å². The van der Waals surface area contributed by atoms with Crippen molar-refractivity contribution in [2.75, 3.05) is 0 Å². The van der Waals surface area contributed by atoms with Gasteiger partial charge in [0.05, 0.1) is 0 Å². The molecule has 0 N–H and O–H groups in total. The smallest absolute Gasteiger partial charge is 0.0352 e. The monoisotopic (exact) mass is 226 g/mol. The van der Waals surface area contributed by atoms with Crippen LogP contribution in [0.25, 0.3) is 0 Å². The molecule has 0 unspecified atom stereocenters. The Kier molecular flexibility index (Phi) is 9.07. The van der Waals surface area contributed by atoms with Crippen molar-refractivity contribution in [2.45, 2.75) is 92.4 Å². The van der Waals surface area contributed by atoms with Gasteiger partial charge in [-0.2, -0.15) is 0 Å². The zero-order chi connectivity index (χ0) is 12.4. The summed E-state index contributed by atoms with van der Waals surface area (Å²) in [5, 5.41) is 0. The fraction of sp³-hybridized carbons (Fsp3) is 1.00. The summed E-state index contributed by atoms with van der Waals surface area (Å²) in [6, 6.07) is 0. The van der Waals surface area contributed by atoms with E-state index in [1.54, 1.807) is 0 Å². The van der Waals surface area contributed by atoms with Gasteiger partial charge < -0.3 is 0 Å². The van der Waals surface area contributed by atoms with Gasteiger partial charge >= 0.3 is 0 Å². The molecule has 0 saturated carbocycles. The lowest BCUT2D eigenvalue weighted by molar-refractivity contribution is 0.256. The lowest BCUT2D eigenvalue weighted by atomic mass is 9.79. The number of rotatable bonds is 10. The average Bonchev–Trinajstić information content (AvgIpc) is 2.14. The summed E-state index contributed by atoms with van der Waals surface area (Å²) in [5.41, 5.74) is 0.567. The molecule has 98 valence electrons. The van der Waals surface area contributed by atoms with Crippen molar-refractivity contribution < 1.29 is 0 Å². The lowest BCUT2D eigenvalue weighted by Gasteiger charge is -2.26. The maximum Gasteiger partial charge on any atom is -0.0352 e. The largest absolute Gasteiger partial charge is 0.0654 e. The summed E-state index contributed by atoms with van der Waals surface area (Å²) in [4.78, 5) is 0. The van der Waals surface area contributed by atoms with Crippen LogP contribution in [-0.4, -0.2) is 0 Å². The van der Waals surface area contributed by atoms with Gasteiger partial charge in [0, 0.05) is 0 Å². The molecule has 0 aromatic carbocycles. The molecule has 0 heteroatoms. The molecule has 0 radical (unpaired) electrons. The summed E-state index contributed by atoms with van der Waals surface area (Å²) in [6.07, 6.45) is 12.8. The molecular weight excluding hydrogens is 192 g/mol. The van der Waals surface area contributed by atoms with E-state index in [0.717, 1.165) is 5.92 Å². The molecule has 0 fully saturated rings. The Labute approximate surface area is 104 Å². The highest BCUT2D eigenvalue weighted by atomic mass is 14.2. The molecule has 0 aromatic heterocycles. The van der Waals surface area contributed by atoms with Gasteiger partial charge in [0.25, 0.3) is 0 Å². The third-order valence-electron chi connectivity index (χ3n) is 3.42. The van der Waals surface area contributed by atoms with Gasteiger partial charge in [0.2, 0.25) is 0 Å². The summed E-state index contributed by atoms with van der Waals surface area (Å²) in [7, 11) is 0. The van der Waals surface area contributed by atoms with E-state index in [4.69, 9.17) is 0 Å². The van der Waals surface area contributed by atoms with E-state index in [1.807, 2.05) is 0 Å². The Bertz CT molecular complexity index is 144. The Hall–Kier alpha value is 0. The van der Waals surface area contributed by atoms with Gasteiger partial charge in [0.1, 0.15) is 0 Å². The van der Waals surface area contributed by atoms with Crippen molar-refractivity contribution >= 4 is 0 Å². The van der Waals surface area contributed by atoms with E-state index in [9.17, 15) is 0 Å². The lowest BCUT2D eigenvalue weighted by Crippen LogP contribution is -2.14. The highest BCUT2D eigenvalue weighted by molar-refractivity contribution is 4.70. The average molecular weight is 226 g/mol. The highest BCUT2D eigenvalue weighted by Crippen LogP contribution is 2.31. The normalized spacial score (nSPS) is 12.4. The Morgan fingerprint density at radius 2 is 1.31 bits per heavy atom. The molecule has 0 spiro atoms. The quantitative estimate of drug-likeness (QED) is 0.389. The number of unbranched alkanes of at least 4 members (excludes halogenated alkanes) is 6. The number of hydrogen-bond acceptors (Lipinski definition) is 0. The van der Waals surface area contributed by atoms with Gasteiger partial charge in [-0.3, -0.25) is 0 Å². The van der Waals surface area contributed by atoms with Crippen molar-refractivity contribution in [3.05, 3.63) is 0 Å². The molecular formula is C16H34. The minimum atomic E-state index is 0.567. The molecule has 16 heavy (non-hydrogen) atoms. The van der Waals surface area contributed by atoms with Crippen molar-refractivity contribution in [1.29, 1.82) is 0 Å². The number of hydrogen-bond donors (Lipinski definition) is 0. The maximum absolute atomic E-state index is 2.43. The minimum Gasteiger partial charge on any atom is -0.0654 e. The van der Waals surface area contributed by atoms with Crippen molar-refractivity contribution in [1.82, 2.24) is 0 Å². The molecule has 0 aliphatic heterocycles. The predicted octanol–water partition coefficient (Wildman–Crippen LogP) is 6.20. The van der Waals surface area contributed by atoms with Crippen LogP contribution in [0.15, 0.2) is 0 Å². The van der Waals surface area contributed by atoms with Crippen molar-refractivity contribution in [3.63, 3.8) is 0 Å². The van der Waals surface area contributed by atoms with Gasteiger partial charge in [-0.05, 0) is 24.2 Å². The molecule has 0 nitrogen and oxygen atoms in total. The van der Waals surface area contributed by atoms with E-state index in [1.165, 1.54) is 57.8 Å². The van der Waals surface area contributed by atoms with Gasteiger partial charge in [-0.1, -0.05) is 79.6 Å². The van der Waals surface area contributed by atoms with Crippen LogP contribution in [0.3, 0.4) is 0 Å². The molecule has 0 saturated heterocycles. The minimum absolute atomic E-state index is 0.567. The zero-order valence-corrected chi connectivity index (χ0v) is 12.4. The summed E-state index contributed by atoms with van der Waals surface area (Å²) >= 11 is 0. The van der Waals surface area contributed by atoms with Crippen LogP contribution in [0.4, 0.5) is 0 Å². The summed E-state index contributed by atoms with van der Waals surface area (Å²) < 4.78 is 0. The third-order valence-corrected chi connectivity index (χ3v) is 3.42. The van der Waals surface area contributed by atoms with Crippen LogP contribution in [-0.2, 0) is 0 Å². The van der Waals surface area contributed by atoms with E-state index >= 15 is 0 Å². The van der Waals surface area contributed by atoms with Crippen LogP contribution in [0, 0.1) is 11.3 Å². The molecule has 0 heterocycles. The summed E-state index contributed by atoms with van der Waals surface area (Å²) in [5.74, 6) is 0.847. The fourth-order valence-corrected chi connectivity index (χ4v) is 2.77. The van der Waals surface area contributed by atoms with Gasteiger partial charge in [-0.15, -0.1) is 0 Å². The van der Waals surface area contributed by atoms with Crippen LogP contribution in [0.5, 0.6) is 0 Å². The fourth-order valence-electron chi connectivity index (χ4n) is 2.77. The van der Waals surface area contributed by atoms with Gasteiger partial charge in [0.15, 0.2) is 0 Å². The van der Waals surface area contributed by atoms with Crippen LogP contribution in [0.1, 0.15) is 92.4 Å². The first-order valence-electron chi connectivity index (χ1n) is 7.48. The molecule has 0 amide bonds. The molecule has 0 rings (SSSR count).